The van der Waals surface area contributed by atoms with Crippen LogP contribution in [0.3, 0.4) is 0 Å². The normalized spacial score (nSPS) is 26.5. The Hall–Kier alpha value is -1.40. The van der Waals surface area contributed by atoms with Crippen LogP contribution in [0.1, 0.15) is 32.1 Å². The lowest BCUT2D eigenvalue weighted by molar-refractivity contribution is -0.128. The summed E-state index contributed by atoms with van der Waals surface area (Å²) in [5.41, 5.74) is 0. The molecule has 22 heavy (non-hydrogen) atoms. The Morgan fingerprint density at radius 3 is 2.50 bits per heavy atom. The molecule has 0 aromatic heterocycles. The van der Waals surface area contributed by atoms with E-state index in [9.17, 15) is 13.2 Å². The number of hydrogen-bond acceptors (Lipinski definition) is 4. The zero-order valence-corrected chi connectivity index (χ0v) is 13.5. The third-order valence-electron chi connectivity index (χ3n) is 4.76. The SMILES string of the molecule is COc1ccc(S(=O)(=O)N2CCC(=O)C3CCCCC32)cc1. The Bertz CT molecular complexity index is 653. The number of sulfonamides is 1. The van der Waals surface area contributed by atoms with Gasteiger partial charge in [0.05, 0.1) is 12.0 Å². The first-order valence-corrected chi connectivity index (χ1v) is 9.16. The van der Waals surface area contributed by atoms with Crippen LogP contribution in [0.4, 0.5) is 0 Å². The molecule has 1 aliphatic carbocycles. The Labute approximate surface area is 131 Å². The highest BCUT2D eigenvalue weighted by molar-refractivity contribution is 7.89. The van der Waals surface area contributed by atoms with Gasteiger partial charge in [0.15, 0.2) is 0 Å². The molecule has 1 heterocycles. The second-order valence-corrected chi connectivity index (χ2v) is 7.86. The van der Waals surface area contributed by atoms with Crippen LogP contribution in [0.25, 0.3) is 0 Å². The fraction of sp³-hybridized carbons (Fsp3) is 0.562. The number of nitrogens with zero attached hydrogens (tertiary/aromatic N) is 1. The molecule has 2 fully saturated rings. The van der Waals surface area contributed by atoms with Crippen molar-refractivity contribution >= 4 is 15.8 Å². The van der Waals surface area contributed by atoms with Crippen molar-refractivity contribution in [2.45, 2.75) is 43.0 Å². The molecule has 0 radical (unpaired) electrons. The van der Waals surface area contributed by atoms with Gasteiger partial charge in [0.1, 0.15) is 11.5 Å². The van der Waals surface area contributed by atoms with Crippen LogP contribution < -0.4 is 4.74 Å². The second kappa shape index (κ2) is 6.01. The third-order valence-corrected chi connectivity index (χ3v) is 6.70. The summed E-state index contributed by atoms with van der Waals surface area (Å²) in [6.07, 6.45) is 3.94. The highest BCUT2D eigenvalue weighted by atomic mass is 32.2. The van der Waals surface area contributed by atoms with Crippen molar-refractivity contribution in [1.29, 1.82) is 0 Å². The molecule has 3 rings (SSSR count). The van der Waals surface area contributed by atoms with Gasteiger partial charge in [-0.05, 0) is 37.1 Å². The number of methoxy groups -OCH3 is 1. The van der Waals surface area contributed by atoms with E-state index in [1.165, 1.54) is 0 Å². The number of benzene rings is 1. The molecule has 0 spiro atoms. The summed E-state index contributed by atoms with van der Waals surface area (Å²) in [4.78, 5) is 12.4. The summed E-state index contributed by atoms with van der Waals surface area (Å²) >= 11 is 0. The first kappa shape index (κ1) is 15.5. The summed E-state index contributed by atoms with van der Waals surface area (Å²) in [6, 6.07) is 6.29. The second-order valence-electron chi connectivity index (χ2n) is 5.97. The average molecular weight is 323 g/mol. The van der Waals surface area contributed by atoms with Gasteiger partial charge in [-0.25, -0.2) is 8.42 Å². The molecule has 1 aromatic rings. The molecule has 1 aromatic carbocycles. The Balaban J connectivity index is 1.91. The molecule has 120 valence electrons. The van der Waals surface area contributed by atoms with Gasteiger partial charge in [0.25, 0.3) is 0 Å². The molecule has 5 nitrogen and oxygen atoms in total. The number of ketones is 1. The molecular formula is C16H21NO4S. The number of carbonyl (C=O) groups is 1. The predicted octanol–water partition coefficient (Wildman–Crippen LogP) is 2.22. The van der Waals surface area contributed by atoms with Crippen LogP contribution in [0.15, 0.2) is 29.2 Å². The minimum atomic E-state index is -3.56. The van der Waals surface area contributed by atoms with Crippen LogP contribution in [0.5, 0.6) is 5.75 Å². The fourth-order valence-corrected chi connectivity index (χ4v) is 5.28. The number of hydrogen-bond donors (Lipinski definition) is 0. The van der Waals surface area contributed by atoms with Crippen molar-refractivity contribution in [3.05, 3.63) is 24.3 Å². The molecule has 0 amide bonds. The molecule has 0 N–H and O–H groups in total. The van der Waals surface area contributed by atoms with Crippen LogP contribution in [-0.4, -0.2) is 38.2 Å². The summed E-state index contributed by atoms with van der Waals surface area (Å²) in [7, 11) is -2.01. The number of fused-ring (bicyclic) bond motifs is 1. The molecule has 2 aliphatic rings. The number of carbonyl (C=O) groups excluding carboxylic acids is 1. The molecule has 2 atom stereocenters. The molecule has 1 aliphatic heterocycles. The van der Waals surface area contributed by atoms with Gasteiger partial charge >= 0.3 is 0 Å². The predicted molar refractivity (Wildman–Crippen MR) is 82.3 cm³/mol. The van der Waals surface area contributed by atoms with Crippen LogP contribution in [0, 0.1) is 5.92 Å². The van der Waals surface area contributed by atoms with E-state index >= 15 is 0 Å². The van der Waals surface area contributed by atoms with Crippen LogP contribution >= 0.6 is 0 Å². The average Bonchev–Trinajstić information content (AvgIpc) is 2.55. The molecule has 6 heteroatoms. The minimum absolute atomic E-state index is 0.115. The van der Waals surface area contributed by atoms with Crippen LogP contribution in [-0.2, 0) is 14.8 Å². The summed E-state index contributed by atoms with van der Waals surface area (Å²) in [5.74, 6) is 0.740. The smallest absolute Gasteiger partial charge is 0.243 e. The van der Waals surface area contributed by atoms with Crippen molar-refractivity contribution < 1.29 is 17.9 Å². The Morgan fingerprint density at radius 2 is 1.82 bits per heavy atom. The molecule has 1 saturated heterocycles. The summed E-state index contributed by atoms with van der Waals surface area (Å²) in [5, 5.41) is 0. The monoisotopic (exact) mass is 323 g/mol. The Kier molecular flexibility index (Phi) is 4.23. The quantitative estimate of drug-likeness (QED) is 0.855. The lowest BCUT2D eigenvalue weighted by Gasteiger charge is -2.42. The van der Waals surface area contributed by atoms with Crippen molar-refractivity contribution in [3.8, 4) is 5.75 Å². The van der Waals surface area contributed by atoms with Gasteiger partial charge in [-0.3, -0.25) is 4.79 Å². The molecule has 2 unspecified atom stereocenters. The zero-order chi connectivity index (χ0) is 15.7. The summed E-state index contributed by atoms with van der Waals surface area (Å²) in [6.45, 7) is 0.300. The van der Waals surface area contributed by atoms with Crippen LogP contribution in [0.2, 0.25) is 0 Å². The minimum Gasteiger partial charge on any atom is -0.497 e. The van der Waals surface area contributed by atoms with E-state index in [-0.39, 0.29) is 22.6 Å². The summed E-state index contributed by atoms with van der Waals surface area (Å²) < 4.78 is 32.5. The zero-order valence-electron chi connectivity index (χ0n) is 12.7. The number of rotatable bonds is 3. The van der Waals surface area contributed by atoms with Gasteiger partial charge in [0, 0.05) is 24.9 Å². The largest absolute Gasteiger partial charge is 0.497 e. The maximum Gasteiger partial charge on any atom is 0.243 e. The highest BCUT2D eigenvalue weighted by Gasteiger charge is 2.43. The van der Waals surface area contributed by atoms with Crippen molar-refractivity contribution in [1.82, 2.24) is 4.31 Å². The maximum atomic E-state index is 12.9. The van der Waals surface area contributed by atoms with Gasteiger partial charge in [-0.2, -0.15) is 4.31 Å². The van der Waals surface area contributed by atoms with E-state index < -0.39 is 10.0 Å². The fourth-order valence-electron chi connectivity index (χ4n) is 3.58. The lowest BCUT2D eigenvalue weighted by Crippen LogP contribution is -2.53. The third kappa shape index (κ3) is 2.65. The number of Topliss-reactive ketones (excluding diaryl/α,β-unsaturated/α-hetero) is 1. The molecule has 1 saturated carbocycles. The molecule has 0 bridgehead atoms. The number of piperidine rings is 1. The molecular weight excluding hydrogens is 302 g/mol. The lowest BCUT2D eigenvalue weighted by atomic mass is 9.79. The van der Waals surface area contributed by atoms with Gasteiger partial charge in [0.2, 0.25) is 10.0 Å². The first-order chi connectivity index (χ1) is 10.5. The van der Waals surface area contributed by atoms with Gasteiger partial charge in [-0.1, -0.05) is 12.8 Å². The van der Waals surface area contributed by atoms with E-state index in [0.29, 0.717) is 18.7 Å². The van der Waals surface area contributed by atoms with Crippen molar-refractivity contribution in [3.63, 3.8) is 0 Å². The van der Waals surface area contributed by atoms with E-state index in [0.717, 1.165) is 25.7 Å². The van der Waals surface area contributed by atoms with Gasteiger partial charge in [-0.15, -0.1) is 0 Å². The first-order valence-electron chi connectivity index (χ1n) is 7.72. The maximum absolute atomic E-state index is 12.9. The van der Waals surface area contributed by atoms with E-state index in [4.69, 9.17) is 4.74 Å². The van der Waals surface area contributed by atoms with Gasteiger partial charge < -0.3 is 4.74 Å². The standard InChI is InChI=1S/C16H21NO4S/c1-21-12-6-8-13(9-7-12)22(19,20)17-11-10-16(18)14-4-2-3-5-15(14)17/h6-9,14-15H,2-5,10-11H2,1H3. The van der Waals surface area contributed by atoms with E-state index in [1.54, 1.807) is 35.7 Å². The number of ether oxygens (including phenoxy) is 1. The highest BCUT2D eigenvalue weighted by Crippen LogP contribution is 2.36. The van der Waals surface area contributed by atoms with E-state index in [1.807, 2.05) is 0 Å². The van der Waals surface area contributed by atoms with E-state index in [2.05, 4.69) is 0 Å². The van der Waals surface area contributed by atoms with Crippen molar-refractivity contribution in [2.24, 2.45) is 5.92 Å². The Morgan fingerprint density at radius 1 is 1.14 bits per heavy atom. The van der Waals surface area contributed by atoms with Crippen molar-refractivity contribution in [2.75, 3.05) is 13.7 Å². The topological polar surface area (TPSA) is 63.7 Å².